The lowest BCUT2D eigenvalue weighted by molar-refractivity contribution is -0.127. The van der Waals surface area contributed by atoms with Gasteiger partial charge in [0.15, 0.2) is 5.82 Å². The van der Waals surface area contributed by atoms with E-state index < -0.39 is 0 Å². The highest BCUT2D eigenvalue weighted by molar-refractivity contribution is 6.28. The Labute approximate surface area is 98.8 Å². The van der Waals surface area contributed by atoms with Gasteiger partial charge in [-0.05, 0) is 18.5 Å². The topological polar surface area (TPSA) is 84.1 Å². The molecule has 0 aliphatic rings. The number of aromatic nitrogens is 2. The number of nitrogens with two attached hydrogens (primary N) is 1. The lowest BCUT2D eigenvalue weighted by atomic mass is 10.4. The molecule has 88 valence electrons. The van der Waals surface area contributed by atoms with Crippen molar-refractivity contribution in [1.29, 1.82) is 0 Å². The van der Waals surface area contributed by atoms with Crippen LogP contribution in [0.25, 0.3) is 0 Å². The Morgan fingerprint density at radius 3 is 3.00 bits per heavy atom. The Morgan fingerprint density at radius 2 is 2.38 bits per heavy atom. The van der Waals surface area contributed by atoms with Crippen molar-refractivity contribution in [2.24, 2.45) is 0 Å². The van der Waals surface area contributed by atoms with Crippen LogP contribution in [-0.4, -0.2) is 40.9 Å². The quantitative estimate of drug-likeness (QED) is 0.757. The van der Waals surface area contributed by atoms with Crippen LogP contribution in [0.3, 0.4) is 0 Å². The molecule has 0 atom stereocenters. The van der Waals surface area contributed by atoms with Crippen LogP contribution in [0, 0.1) is 0 Å². The normalized spacial score (nSPS) is 9.94. The van der Waals surface area contributed by atoms with Crippen LogP contribution in [0.1, 0.15) is 6.92 Å². The van der Waals surface area contributed by atoms with E-state index in [1.165, 1.54) is 6.20 Å². The standard InChI is InChI=1S/C9H14ClN5O/c1-3-15(2)7(16)5-12-8-6(11)4-13-9(10)14-8/h4H,3,5,11H2,1-2H3,(H,12,13,14). The monoisotopic (exact) mass is 243 g/mol. The van der Waals surface area contributed by atoms with Crippen molar-refractivity contribution in [2.75, 3.05) is 31.2 Å². The largest absolute Gasteiger partial charge is 0.394 e. The van der Waals surface area contributed by atoms with Gasteiger partial charge in [0.1, 0.15) is 0 Å². The maximum absolute atomic E-state index is 11.5. The van der Waals surface area contributed by atoms with Crippen molar-refractivity contribution in [1.82, 2.24) is 14.9 Å². The summed E-state index contributed by atoms with van der Waals surface area (Å²) in [7, 11) is 1.72. The number of hydrogen-bond donors (Lipinski definition) is 2. The number of nitrogen functional groups attached to an aromatic ring is 1. The molecule has 1 rings (SSSR count). The lowest BCUT2D eigenvalue weighted by Gasteiger charge is -2.15. The minimum absolute atomic E-state index is 0.0448. The Kier molecular flexibility index (Phi) is 4.30. The van der Waals surface area contributed by atoms with Gasteiger partial charge in [-0.2, -0.15) is 4.98 Å². The molecule has 0 bridgehead atoms. The number of anilines is 2. The number of rotatable bonds is 4. The zero-order valence-corrected chi connectivity index (χ0v) is 9.95. The predicted octanol–water partition coefficient (Wildman–Crippen LogP) is 0.602. The van der Waals surface area contributed by atoms with Gasteiger partial charge in [-0.15, -0.1) is 0 Å². The molecule has 1 amide bonds. The van der Waals surface area contributed by atoms with E-state index in [2.05, 4.69) is 15.3 Å². The van der Waals surface area contributed by atoms with Crippen LogP contribution in [0.4, 0.5) is 11.5 Å². The average molecular weight is 244 g/mol. The van der Waals surface area contributed by atoms with Crippen LogP contribution < -0.4 is 11.1 Å². The van der Waals surface area contributed by atoms with Gasteiger partial charge in [0.2, 0.25) is 11.2 Å². The van der Waals surface area contributed by atoms with E-state index in [1.54, 1.807) is 11.9 Å². The third-order valence-corrected chi connectivity index (χ3v) is 2.28. The van der Waals surface area contributed by atoms with Gasteiger partial charge < -0.3 is 16.0 Å². The summed E-state index contributed by atoms with van der Waals surface area (Å²) in [5.41, 5.74) is 5.97. The van der Waals surface area contributed by atoms with Crippen molar-refractivity contribution < 1.29 is 4.79 Å². The minimum Gasteiger partial charge on any atom is -0.394 e. The number of carbonyl (C=O) groups excluding carboxylic acids is 1. The molecule has 0 spiro atoms. The molecule has 0 radical (unpaired) electrons. The molecule has 1 aromatic heterocycles. The molecule has 0 saturated heterocycles. The Morgan fingerprint density at radius 1 is 1.69 bits per heavy atom. The summed E-state index contributed by atoms with van der Waals surface area (Å²) in [6.45, 7) is 2.68. The van der Waals surface area contributed by atoms with E-state index in [-0.39, 0.29) is 17.7 Å². The van der Waals surface area contributed by atoms with E-state index in [4.69, 9.17) is 17.3 Å². The summed E-state index contributed by atoms with van der Waals surface area (Å²) in [4.78, 5) is 20.7. The molecule has 1 aromatic rings. The molecule has 0 saturated carbocycles. The first-order valence-corrected chi connectivity index (χ1v) is 5.18. The number of likely N-dealkylation sites (N-methyl/N-ethyl adjacent to an activating group) is 1. The van der Waals surface area contributed by atoms with E-state index in [1.807, 2.05) is 6.92 Å². The molecular weight excluding hydrogens is 230 g/mol. The fourth-order valence-corrected chi connectivity index (χ4v) is 1.12. The van der Waals surface area contributed by atoms with E-state index in [0.29, 0.717) is 18.1 Å². The number of nitrogens with one attached hydrogen (secondary N) is 1. The summed E-state index contributed by atoms with van der Waals surface area (Å²) in [5, 5.41) is 2.91. The molecule has 0 aromatic carbocycles. The van der Waals surface area contributed by atoms with E-state index in [0.717, 1.165) is 0 Å². The molecule has 16 heavy (non-hydrogen) atoms. The molecule has 0 fully saturated rings. The molecule has 6 nitrogen and oxygen atoms in total. The van der Waals surface area contributed by atoms with Crippen LogP contribution in [0.5, 0.6) is 0 Å². The van der Waals surface area contributed by atoms with Crippen molar-refractivity contribution in [3.05, 3.63) is 11.5 Å². The van der Waals surface area contributed by atoms with Gasteiger partial charge >= 0.3 is 0 Å². The highest BCUT2D eigenvalue weighted by atomic mass is 35.5. The molecule has 0 unspecified atom stereocenters. The summed E-state index contributed by atoms with van der Waals surface area (Å²) >= 11 is 5.61. The number of carbonyl (C=O) groups is 1. The van der Waals surface area contributed by atoms with Crippen molar-refractivity contribution in [3.8, 4) is 0 Å². The average Bonchev–Trinajstić information content (AvgIpc) is 2.28. The fourth-order valence-electron chi connectivity index (χ4n) is 0.982. The van der Waals surface area contributed by atoms with E-state index >= 15 is 0 Å². The maximum Gasteiger partial charge on any atom is 0.241 e. The Bertz CT molecular complexity index is 384. The third kappa shape index (κ3) is 3.23. The van der Waals surface area contributed by atoms with Crippen molar-refractivity contribution in [2.45, 2.75) is 6.92 Å². The predicted molar refractivity (Wildman–Crippen MR) is 63.3 cm³/mol. The second-order valence-corrected chi connectivity index (χ2v) is 3.54. The molecule has 0 aliphatic heterocycles. The molecule has 0 aliphatic carbocycles. The zero-order valence-electron chi connectivity index (χ0n) is 9.20. The molecular formula is C9H14ClN5O. The maximum atomic E-state index is 11.5. The zero-order chi connectivity index (χ0) is 12.1. The summed E-state index contributed by atoms with van der Waals surface area (Å²) in [6, 6.07) is 0. The highest BCUT2D eigenvalue weighted by Crippen LogP contribution is 2.15. The van der Waals surface area contributed by atoms with Crippen LogP contribution >= 0.6 is 11.6 Å². The van der Waals surface area contributed by atoms with Gasteiger partial charge in [-0.1, -0.05) is 0 Å². The third-order valence-electron chi connectivity index (χ3n) is 2.09. The van der Waals surface area contributed by atoms with Gasteiger partial charge in [0.25, 0.3) is 0 Å². The Hall–Kier alpha value is -1.56. The smallest absolute Gasteiger partial charge is 0.241 e. The summed E-state index contributed by atoms with van der Waals surface area (Å²) in [5.74, 6) is 0.328. The summed E-state index contributed by atoms with van der Waals surface area (Å²) in [6.07, 6.45) is 1.39. The summed E-state index contributed by atoms with van der Waals surface area (Å²) < 4.78 is 0. The van der Waals surface area contributed by atoms with Crippen LogP contribution in [0.15, 0.2) is 6.20 Å². The Balaban J connectivity index is 2.61. The molecule has 7 heteroatoms. The second-order valence-electron chi connectivity index (χ2n) is 3.20. The number of halogens is 1. The fraction of sp³-hybridized carbons (Fsp3) is 0.444. The van der Waals surface area contributed by atoms with Crippen molar-refractivity contribution >= 4 is 29.0 Å². The van der Waals surface area contributed by atoms with Crippen molar-refractivity contribution in [3.63, 3.8) is 0 Å². The van der Waals surface area contributed by atoms with Gasteiger partial charge in [-0.3, -0.25) is 4.79 Å². The van der Waals surface area contributed by atoms with E-state index in [9.17, 15) is 4.79 Å². The van der Waals surface area contributed by atoms with Gasteiger partial charge in [0.05, 0.1) is 18.4 Å². The number of hydrogen-bond acceptors (Lipinski definition) is 5. The molecule has 1 heterocycles. The second kappa shape index (κ2) is 5.50. The molecule has 3 N–H and O–H groups in total. The number of nitrogens with zero attached hydrogens (tertiary/aromatic N) is 3. The lowest BCUT2D eigenvalue weighted by Crippen LogP contribution is -2.32. The SMILES string of the molecule is CCN(C)C(=O)CNc1nc(Cl)ncc1N. The van der Waals surface area contributed by atoms with Gasteiger partial charge in [-0.25, -0.2) is 4.98 Å². The first-order chi connectivity index (χ1) is 7.54. The minimum atomic E-state index is -0.0448. The van der Waals surface area contributed by atoms with Crippen LogP contribution in [-0.2, 0) is 4.79 Å². The first-order valence-electron chi connectivity index (χ1n) is 4.80. The highest BCUT2D eigenvalue weighted by Gasteiger charge is 2.08. The first kappa shape index (κ1) is 12.5. The van der Waals surface area contributed by atoms with Crippen LogP contribution in [0.2, 0.25) is 5.28 Å². The van der Waals surface area contributed by atoms with Gasteiger partial charge in [0, 0.05) is 13.6 Å². The number of amides is 1.